The second kappa shape index (κ2) is 4.94. The lowest BCUT2D eigenvalue weighted by atomic mass is 9.94. The van der Waals surface area contributed by atoms with Gasteiger partial charge in [-0.25, -0.2) is 0 Å². The zero-order valence-corrected chi connectivity index (χ0v) is 7.16. The maximum Gasteiger partial charge on any atom is 0.0460 e. The van der Waals surface area contributed by atoms with Crippen LogP contribution in [0.5, 0.6) is 0 Å². The molecule has 3 heteroatoms. The smallest absolute Gasteiger partial charge is 0.0460 e. The van der Waals surface area contributed by atoms with Crippen molar-refractivity contribution in [1.82, 2.24) is 5.32 Å². The Morgan fingerprint density at radius 3 is 2.70 bits per heavy atom. The van der Waals surface area contributed by atoms with E-state index in [0.29, 0.717) is 18.6 Å². The minimum absolute atomic E-state index is 0. The van der Waals surface area contributed by atoms with Gasteiger partial charge in [0.05, 0.1) is 0 Å². The topological polar surface area (TPSA) is 32.3 Å². The molecule has 2 atom stereocenters. The fraction of sp³-hybridized carbons (Fsp3) is 1.00. The van der Waals surface area contributed by atoms with Crippen LogP contribution in [0.4, 0.5) is 0 Å². The zero-order chi connectivity index (χ0) is 6.69. The van der Waals surface area contributed by atoms with Gasteiger partial charge in [0.1, 0.15) is 0 Å². The third kappa shape index (κ3) is 2.86. The molecule has 1 heterocycles. The molecule has 0 bridgehead atoms. The molecule has 0 aromatic heterocycles. The molecule has 10 heavy (non-hydrogen) atoms. The van der Waals surface area contributed by atoms with Gasteiger partial charge in [-0.2, -0.15) is 0 Å². The van der Waals surface area contributed by atoms with Crippen LogP contribution in [0.15, 0.2) is 0 Å². The first-order chi connectivity index (χ1) is 4.33. The van der Waals surface area contributed by atoms with Gasteiger partial charge in [-0.1, -0.05) is 0 Å². The molecule has 62 valence electrons. The molecule has 0 aromatic rings. The monoisotopic (exact) mass is 165 g/mol. The molecule has 0 aliphatic carbocycles. The largest absolute Gasteiger partial charge is 0.396 e. The average molecular weight is 166 g/mol. The van der Waals surface area contributed by atoms with Crippen molar-refractivity contribution >= 4 is 12.4 Å². The van der Waals surface area contributed by atoms with Crippen LogP contribution >= 0.6 is 12.4 Å². The fourth-order valence-electron chi connectivity index (χ4n) is 1.40. The average Bonchev–Trinajstić information content (AvgIpc) is 1.88. The van der Waals surface area contributed by atoms with Crippen molar-refractivity contribution in [1.29, 1.82) is 0 Å². The maximum atomic E-state index is 8.78. The Kier molecular flexibility index (Phi) is 5.04. The highest BCUT2D eigenvalue weighted by Crippen LogP contribution is 2.14. The Balaban J connectivity index is 0.000000810. The predicted octanol–water partition coefficient (Wildman–Crippen LogP) is 0.789. The van der Waals surface area contributed by atoms with Gasteiger partial charge in [0.15, 0.2) is 0 Å². The standard InChI is InChI=1S/C7H15NO.ClH/c1-6-4-7(5-9)2-3-8-6;/h6-9H,2-5H2,1H3;1H/t6-,7-;/m0./s1. The summed E-state index contributed by atoms with van der Waals surface area (Å²) in [5.41, 5.74) is 0. The van der Waals surface area contributed by atoms with Crippen LogP contribution in [0, 0.1) is 5.92 Å². The molecule has 1 aliphatic heterocycles. The summed E-state index contributed by atoms with van der Waals surface area (Å²) >= 11 is 0. The maximum absolute atomic E-state index is 8.78. The Morgan fingerprint density at radius 1 is 1.60 bits per heavy atom. The summed E-state index contributed by atoms with van der Waals surface area (Å²) in [7, 11) is 0. The number of rotatable bonds is 1. The third-order valence-corrected chi connectivity index (χ3v) is 1.99. The van der Waals surface area contributed by atoms with E-state index in [4.69, 9.17) is 5.11 Å². The molecule has 1 rings (SSSR count). The molecule has 0 radical (unpaired) electrons. The van der Waals surface area contributed by atoms with Gasteiger partial charge in [-0.05, 0) is 32.2 Å². The molecule has 2 N–H and O–H groups in total. The number of aliphatic hydroxyl groups excluding tert-OH is 1. The lowest BCUT2D eigenvalue weighted by molar-refractivity contribution is 0.180. The third-order valence-electron chi connectivity index (χ3n) is 1.99. The highest BCUT2D eigenvalue weighted by molar-refractivity contribution is 5.85. The molecule has 0 amide bonds. The molecule has 0 saturated carbocycles. The summed E-state index contributed by atoms with van der Waals surface area (Å²) < 4.78 is 0. The van der Waals surface area contributed by atoms with Gasteiger partial charge in [0.25, 0.3) is 0 Å². The minimum atomic E-state index is 0. The SMILES string of the molecule is C[C@H]1C[C@@H](CO)CCN1.Cl. The highest BCUT2D eigenvalue weighted by Gasteiger charge is 2.16. The quantitative estimate of drug-likeness (QED) is 0.602. The lowest BCUT2D eigenvalue weighted by Gasteiger charge is -2.26. The van der Waals surface area contributed by atoms with Crippen molar-refractivity contribution in [2.75, 3.05) is 13.2 Å². The fourth-order valence-corrected chi connectivity index (χ4v) is 1.40. The van der Waals surface area contributed by atoms with E-state index in [9.17, 15) is 0 Å². The van der Waals surface area contributed by atoms with Gasteiger partial charge in [0.2, 0.25) is 0 Å². The van der Waals surface area contributed by atoms with E-state index in [0.717, 1.165) is 19.4 Å². The van der Waals surface area contributed by atoms with Gasteiger partial charge in [-0.3, -0.25) is 0 Å². The number of nitrogens with one attached hydrogen (secondary N) is 1. The summed E-state index contributed by atoms with van der Waals surface area (Å²) in [6.45, 7) is 3.61. The van der Waals surface area contributed by atoms with Gasteiger partial charge in [0, 0.05) is 12.6 Å². The Bertz CT molecular complexity index is 89.7. The van der Waals surface area contributed by atoms with Crippen molar-refractivity contribution in [3.63, 3.8) is 0 Å². The van der Waals surface area contributed by atoms with E-state index in [1.807, 2.05) is 0 Å². The molecule has 0 unspecified atom stereocenters. The number of hydrogen-bond acceptors (Lipinski definition) is 2. The lowest BCUT2D eigenvalue weighted by Crippen LogP contribution is -2.36. The second-order valence-electron chi connectivity index (χ2n) is 2.93. The molecule has 2 nitrogen and oxygen atoms in total. The molecule has 1 fully saturated rings. The van der Waals surface area contributed by atoms with E-state index in [1.54, 1.807) is 0 Å². The van der Waals surface area contributed by atoms with E-state index in [-0.39, 0.29) is 12.4 Å². The van der Waals surface area contributed by atoms with Crippen molar-refractivity contribution < 1.29 is 5.11 Å². The summed E-state index contributed by atoms with van der Waals surface area (Å²) in [5.74, 6) is 0.557. The van der Waals surface area contributed by atoms with Crippen LogP contribution in [0.3, 0.4) is 0 Å². The van der Waals surface area contributed by atoms with E-state index in [1.165, 1.54) is 0 Å². The molecule has 1 aliphatic rings. The van der Waals surface area contributed by atoms with E-state index in [2.05, 4.69) is 12.2 Å². The van der Waals surface area contributed by atoms with E-state index >= 15 is 0 Å². The first-order valence-electron chi connectivity index (χ1n) is 3.67. The molecule has 0 spiro atoms. The summed E-state index contributed by atoms with van der Waals surface area (Å²) in [4.78, 5) is 0. The zero-order valence-electron chi connectivity index (χ0n) is 6.34. The van der Waals surface area contributed by atoms with Crippen molar-refractivity contribution in [3.8, 4) is 0 Å². The second-order valence-corrected chi connectivity index (χ2v) is 2.93. The van der Waals surface area contributed by atoms with Gasteiger partial charge < -0.3 is 10.4 Å². The van der Waals surface area contributed by atoms with Crippen LogP contribution in [0.1, 0.15) is 19.8 Å². The highest BCUT2D eigenvalue weighted by atomic mass is 35.5. The Labute approximate surface area is 68.4 Å². The Hall–Kier alpha value is 0.210. The van der Waals surface area contributed by atoms with Crippen LogP contribution in [0.2, 0.25) is 0 Å². The first kappa shape index (κ1) is 10.2. The first-order valence-corrected chi connectivity index (χ1v) is 3.67. The van der Waals surface area contributed by atoms with Crippen LogP contribution in [0.25, 0.3) is 0 Å². The predicted molar refractivity (Wildman–Crippen MR) is 44.5 cm³/mol. The summed E-state index contributed by atoms with van der Waals surface area (Å²) in [6, 6.07) is 0.607. The van der Waals surface area contributed by atoms with Crippen LogP contribution in [-0.4, -0.2) is 24.3 Å². The van der Waals surface area contributed by atoms with Crippen molar-refractivity contribution in [2.45, 2.75) is 25.8 Å². The number of halogens is 1. The van der Waals surface area contributed by atoms with Gasteiger partial charge >= 0.3 is 0 Å². The molecular formula is C7H16ClNO. The normalized spacial score (nSPS) is 33.0. The number of hydrogen-bond donors (Lipinski definition) is 2. The number of piperidine rings is 1. The number of aliphatic hydroxyl groups is 1. The van der Waals surface area contributed by atoms with E-state index < -0.39 is 0 Å². The Morgan fingerprint density at radius 2 is 2.30 bits per heavy atom. The van der Waals surface area contributed by atoms with Crippen LogP contribution < -0.4 is 5.32 Å². The molecule has 0 aromatic carbocycles. The van der Waals surface area contributed by atoms with Crippen LogP contribution in [-0.2, 0) is 0 Å². The summed E-state index contributed by atoms with van der Waals surface area (Å²) in [6.07, 6.45) is 2.28. The van der Waals surface area contributed by atoms with Crippen molar-refractivity contribution in [2.24, 2.45) is 5.92 Å². The minimum Gasteiger partial charge on any atom is -0.396 e. The molecule has 1 saturated heterocycles. The van der Waals surface area contributed by atoms with Crippen molar-refractivity contribution in [3.05, 3.63) is 0 Å². The summed E-state index contributed by atoms with van der Waals surface area (Å²) in [5, 5.41) is 12.1. The molecular weight excluding hydrogens is 150 g/mol. The van der Waals surface area contributed by atoms with Gasteiger partial charge in [-0.15, -0.1) is 12.4 Å².